The third-order valence-corrected chi connectivity index (χ3v) is 6.01. The van der Waals surface area contributed by atoms with Gasteiger partial charge in [-0.3, -0.25) is 9.89 Å². The molecule has 134 valence electrons. The highest BCUT2D eigenvalue weighted by Crippen LogP contribution is 2.27. The second kappa shape index (κ2) is 6.42. The van der Waals surface area contributed by atoms with E-state index in [1.807, 2.05) is 19.9 Å². The minimum atomic E-state index is -3.30. The first-order chi connectivity index (χ1) is 12.3. The molecule has 0 aliphatic carbocycles. The van der Waals surface area contributed by atoms with E-state index < -0.39 is 9.84 Å². The van der Waals surface area contributed by atoms with E-state index in [-0.39, 0.29) is 33.3 Å². The average Bonchev–Trinajstić information content (AvgIpc) is 3.04. The van der Waals surface area contributed by atoms with Crippen molar-refractivity contribution in [1.29, 1.82) is 5.26 Å². The molecular weight excluding hydrogens is 352 g/mol. The molecule has 2 heterocycles. The Morgan fingerprint density at radius 2 is 1.92 bits per heavy atom. The smallest absolute Gasteiger partial charge is 0.276 e. The number of nitrogens with one attached hydrogen (secondary N) is 1. The van der Waals surface area contributed by atoms with E-state index in [4.69, 9.17) is 0 Å². The van der Waals surface area contributed by atoms with Crippen LogP contribution >= 0.6 is 0 Å². The summed E-state index contributed by atoms with van der Waals surface area (Å²) in [4.78, 5) is 17.6. The Hall–Kier alpha value is -2.92. The Morgan fingerprint density at radius 3 is 2.46 bits per heavy atom. The van der Waals surface area contributed by atoms with Crippen LogP contribution < -0.4 is 5.56 Å². The van der Waals surface area contributed by atoms with Crippen LogP contribution in [0.2, 0.25) is 0 Å². The predicted octanol–water partition coefficient (Wildman–Crippen LogP) is 2.48. The number of nitriles is 1. The van der Waals surface area contributed by atoms with E-state index in [1.165, 1.54) is 22.8 Å². The molecule has 3 aromatic rings. The zero-order valence-corrected chi connectivity index (χ0v) is 15.5. The van der Waals surface area contributed by atoms with Crippen LogP contribution in [0.15, 0.2) is 40.2 Å². The van der Waals surface area contributed by atoms with Gasteiger partial charge >= 0.3 is 0 Å². The SMILES string of the molecule is CCS(=O)(=O)c1ccc(-c2nc3c(C#N)c[nH]n3c(=O)c2C(C)C)cc1. The van der Waals surface area contributed by atoms with Gasteiger partial charge < -0.3 is 0 Å². The number of fused-ring (bicyclic) bond motifs is 1. The van der Waals surface area contributed by atoms with Crippen molar-refractivity contribution in [2.75, 3.05) is 5.75 Å². The first kappa shape index (κ1) is 17.9. The van der Waals surface area contributed by atoms with Crippen LogP contribution in [0.4, 0.5) is 0 Å². The normalized spacial score (nSPS) is 11.8. The fourth-order valence-electron chi connectivity index (χ4n) is 2.84. The Morgan fingerprint density at radius 1 is 1.27 bits per heavy atom. The Labute approximate surface area is 150 Å². The lowest BCUT2D eigenvalue weighted by Gasteiger charge is -2.12. The number of aromatic amines is 1. The summed E-state index contributed by atoms with van der Waals surface area (Å²) in [5.74, 6) is -0.0842. The molecule has 0 saturated heterocycles. The van der Waals surface area contributed by atoms with Crippen LogP contribution in [0.1, 0.15) is 37.8 Å². The van der Waals surface area contributed by atoms with Gasteiger partial charge in [0.1, 0.15) is 11.6 Å². The number of H-pyrrole nitrogens is 1. The highest BCUT2D eigenvalue weighted by Gasteiger charge is 2.20. The van der Waals surface area contributed by atoms with E-state index in [0.29, 0.717) is 16.8 Å². The van der Waals surface area contributed by atoms with Crippen molar-refractivity contribution in [3.8, 4) is 17.3 Å². The van der Waals surface area contributed by atoms with Crippen molar-refractivity contribution in [1.82, 2.24) is 14.6 Å². The van der Waals surface area contributed by atoms with Crippen molar-refractivity contribution < 1.29 is 8.42 Å². The molecule has 3 rings (SSSR count). The molecular formula is C18H18N4O3S. The third kappa shape index (κ3) is 2.80. The fraction of sp³-hybridized carbons (Fsp3) is 0.278. The minimum Gasteiger partial charge on any atom is -0.295 e. The third-order valence-electron chi connectivity index (χ3n) is 4.26. The molecule has 0 saturated carbocycles. The molecule has 0 unspecified atom stereocenters. The number of benzene rings is 1. The predicted molar refractivity (Wildman–Crippen MR) is 97.8 cm³/mol. The van der Waals surface area contributed by atoms with Gasteiger partial charge in [0, 0.05) is 17.3 Å². The van der Waals surface area contributed by atoms with E-state index in [9.17, 15) is 18.5 Å². The number of aromatic nitrogens is 3. The zero-order chi connectivity index (χ0) is 19.1. The Balaban J connectivity index is 2.29. The first-order valence-electron chi connectivity index (χ1n) is 8.17. The molecule has 0 spiro atoms. The van der Waals surface area contributed by atoms with Crippen molar-refractivity contribution in [2.45, 2.75) is 31.6 Å². The van der Waals surface area contributed by atoms with Gasteiger partial charge in [-0.05, 0) is 18.1 Å². The number of rotatable bonds is 4. The van der Waals surface area contributed by atoms with Gasteiger partial charge in [0.25, 0.3) is 5.56 Å². The number of sulfone groups is 1. The van der Waals surface area contributed by atoms with Gasteiger partial charge in [0.2, 0.25) is 0 Å². The highest BCUT2D eigenvalue weighted by atomic mass is 32.2. The maximum absolute atomic E-state index is 12.9. The second-order valence-corrected chi connectivity index (χ2v) is 8.50. The number of hydrogen-bond donors (Lipinski definition) is 1. The number of nitrogens with zero attached hydrogens (tertiary/aromatic N) is 3. The van der Waals surface area contributed by atoms with E-state index >= 15 is 0 Å². The monoisotopic (exact) mass is 370 g/mol. The van der Waals surface area contributed by atoms with E-state index in [2.05, 4.69) is 10.1 Å². The van der Waals surface area contributed by atoms with Crippen LogP contribution in [0.3, 0.4) is 0 Å². The van der Waals surface area contributed by atoms with Gasteiger partial charge in [-0.15, -0.1) is 0 Å². The van der Waals surface area contributed by atoms with Crippen LogP contribution in [0.5, 0.6) is 0 Å². The largest absolute Gasteiger partial charge is 0.295 e. The maximum atomic E-state index is 12.9. The molecule has 8 heteroatoms. The molecule has 1 N–H and O–H groups in total. The standard InChI is InChI=1S/C18H18N4O3S/c1-4-26(24,25)14-7-5-12(6-8-14)16-15(11(2)3)18(23)22-17(21-16)13(9-19)10-20-22/h5-8,10-11,20H,4H2,1-3H3. The molecule has 0 fully saturated rings. The summed E-state index contributed by atoms with van der Waals surface area (Å²) in [5.41, 5.74) is 1.84. The van der Waals surface area contributed by atoms with Crippen LogP contribution in [-0.4, -0.2) is 28.8 Å². The summed E-state index contributed by atoms with van der Waals surface area (Å²) in [6.07, 6.45) is 1.44. The lowest BCUT2D eigenvalue weighted by Crippen LogP contribution is -2.22. The molecule has 0 aliphatic rings. The zero-order valence-electron chi connectivity index (χ0n) is 14.6. The van der Waals surface area contributed by atoms with Crippen molar-refractivity contribution in [2.24, 2.45) is 0 Å². The van der Waals surface area contributed by atoms with E-state index in [0.717, 1.165) is 0 Å². The molecule has 0 amide bonds. The second-order valence-electron chi connectivity index (χ2n) is 6.22. The minimum absolute atomic E-state index is 0.0179. The van der Waals surface area contributed by atoms with E-state index in [1.54, 1.807) is 19.1 Å². The van der Waals surface area contributed by atoms with Crippen molar-refractivity contribution in [3.05, 3.63) is 51.9 Å². The number of hydrogen-bond acceptors (Lipinski definition) is 5. The summed E-state index contributed by atoms with van der Waals surface area (Å²) in [6.45, 7) is 5.36. The van der Waals surface area contributed by atoms with Gasteiger partial charge in [-0.2, -0.15) is 5.26 Å². The van der Waals surface area contributed by atoms with Crippen LogP contribution in [0, 0.1) is 11.3 Å². The van der Waals surface area contributed by atoms with Crippen LogP contribution in [0.25, 0.3) is 16.9 Å². The summed E-state index contributed by atoms with van der Waals surface area (Å²) in [7, 11) is -3.30. The molecule has 2 aromatic heterocycles. The fourth-order valence-corrected chi connectivity index (χ4v) is 3.72. The lowest BCUT2D eigenvalue weighted by atomic mass is 9.98. The Bertz CT molecular complexity index is 1180. The molecule has 0 radical (unpaired) electrons. The average molecular weight is 370 g/mol. The summed E-state index contributed by atoms with van der Waals surface area (Å²) in [6, 6.07) is 8.33. The first-order valence-corrected chi connectivity index (χ1v) is 9.82. The van der Waals surface area contributed by atoms with Crippen LogP contribution in [-0.2, 0) is 9.84 Å². The van der Waals surface area contributed by atoms with Crippen molar-refractivity contribution in [3.63, 3.8) is 0 Å². The van der Waals surface area contributed by atoms with Gasteiger partial charge in [0.05, 0.1) is 16.3 Å². The highest BCUT2D eigenvalue weighted by molar-refractivity contribution is 7.91. The summed E-state index contributed by atoms with van der Waals surface area (Å²) in [5, 5.41) is 12.0. The van der Waals surface area contributed by atoms with Gasteiger partial charge in [0.15, 0.2) is 15.5 Å². The molecule has 26 heavy (non-hydrogen) atoms. The molecule has 0 atom stereocenters. The summed E-state index contributed by atoms with van der Waals surface area (Å²) >= 11 is 0. The quantitative estimate of drug-likeness (QED) is 0.759. The van der Waals surface area contributed by atoms with Gasteiger partial charge in [-0.25, -0.2) is 17.9 Å². The molecule has 0 aliphatic heterocycles. The summed E-state index contributed by atoms with van der Waals surface area (Å²) < 4.78 is 25.2. The van der Waals surface area contributed by atoms with Gasteiger partial charge in [-0.1, -0.05) is 32.9 Å². The topological polar surface area (TPSA) is 108 Å². The molecule has 0 bridgehead atoms. The maximum Gasteiger partial charge on any atom is 0.276 e. The molecule has 7 nitrogen and oxygen atoms in total. The lowest BCUT2D eigenvalue weighted by molar-refractivity contribution is 0.597. The Kier molecular flexibility index (Phi) is 4.42. The van der Waals surface area contributed by atoms with Crippen molar-refractivity contribution >= 4 is 15.5 Å². The molecule has 1 aromatic carbocycles.